The molecule has 2 atom stereocenters. The van der Waals surface area contributed by atoms with Gasteiger partial charge in [0.2, 0.25) is 0 Å². The number of piperidine rings is 1. The van der Waals surface area contributed by atoms with Crippen LogP contribution in [0.2, 0.25) is 0 Å². The summed E-state index contributed by atoms with van der Waals surface area (Å²) in [6.07, 6.45) is 2.05. The molecule has 140 valence electrons. The molecule has 1 unspecified atom stereocenters. The van der Waals surface area contributed by atoms with Crippen molar-refractivity contribution < 1.29 is 14.4 Å². The Balaban J connectivity index is 1.44. The number of nitrogens with zero attached hydrogens (tertiary/aromatic N) is 2. The van der Waals surface area contributed by atoms with E-state index >= 15 is 0 Å². The van der Waals surface area contributed by atoms with E-state index in [2.05, 4.69) is 23.1 Å². The molecule has 0 N–H and O–H groups in total. The molecule has 2 heterocycles. The van der Waals surface area contributed by atoms with Crippen LogP contribution in [0.4, 0.5) is 5.69 Å². The van der Waals surface area contributed by atoms with Crippen LogP contribution < -0.4 is 4.90 Å². The van der Waals surface area contributed by atoms with Crippen molar-refractivity contribution in [3.8, 4) is 0 Å². The second kappa shape index (κ2) is 6.98. The number of carbonyl (C=O) groups is 1. The number of carbonyl (C=O) groups excluding carboxylic acids is 1. The standard InChI is InChI=1S/C22H24N2O3/c25-22(16-5-2-1-3-6-16)27-24-10-9-17-15-20(24)21-18(17)7-4-8-19(21)23-11-13-26-14-12-23/h1-8,17,20H,9-15H2/t17?,20-/m1/s1. The lowest BCUT2D eigenvalue weighted by molar-refractivity contribution is -0.150. The van der Waals surface area contributed by atoms with E-state index in [4.69, 9.17) is 9.57 Å². The summed E-state index contributed by atoms with van der Waals surface area (Å²) in [5.41, 5.74) is 4.66. The van der Waals surface area contributed by atoms with Crippen molar-refractivity contribution in [2.24, 2.45) is 0 Å². The SMILES string of the molecule is O=C(ON1CCC2C[C@@H]1c1c2cccc1N1CCOCC1)c1ccccc1. The second-order valence-electron chi connectivity index (χ2n) is 7.50. The van der Waals surface area contributed by atoms with E-state index in [-0.39, 0.29) is 12.0 Å². The minimum Gasteiger partial charge on any atom is -0.378 e. The summed E-state index contributed by atoms with van der Waals surface area (Å²) in [4.78, 5) is 20.9. The van der Waals surface area contributed by atoms with Crippen LogP contribution in [-0.4, -0.2) is 43.9 Å². The fraction of sp³-hybridized carbons (Fsp3) is 0.409. The molecule has 5 heteroatoms. The minimum absolute atomic E-state index is 0.144. The molecule has 2 fully saturated rings. The Morgan fingerprint density at radius 2 is 1.81 bits per heavy atom. The number of fused-ring (bicyclic) bond motifs is 5. The third-order valence-electron chi connectivity index (χ3n) is 6.00. The molecule has 1 aliphatic carbocycles. The molecule has 0 radical (unpaired) electrons. The Bertz CT molecular complexity index is 833. The summed E-state index contributed by atoms with van der Waals surface area (Å²) in [6, 6.07) is 16.0. The predicted molar refractivity (Wildman–Crippen MR) is 103 cm³/mol. The van der Waals surface area contributed by atoms with Gasteiger partial charge in [-0.2, -0.15) is 0 Å². The maximum atomic E-state index is 12.6. The molecule has 5 nitrogen and oxygen atoms in total. The number of morpholine rings is 1. The Hall–Kier alpha value is -2.37. The average molecular weight is 364 g/mol. The van der Waals surface area contributed by atoms with Crippen molar-refractivity contribution in [2.45, 2.75) is 24.8 Å². The normalized spacial score (nSPS) is 24.5. The molecule has 0 amide bonds. The maximum Gasteiger partial charge on any atom is 0.357 e. The van der Waals surface area contributed by atoms with Gasteiger partial charge in [0, 0.05) is 25.3 Å². The van der Waals surface area contributed by atoms with E-state index in [0.29, 0.717) is 11.5 Å². The molecule has 2 aromatic rings. The first kappa shape index (κ1) is 16.8. The van der Waals surface area contributed by atoms with Crippen molar-refractivity contribution in [3.63, 3.8) is 0 Å². The first-order valence-corrected chi connectivity index (χ1v) is 9.81. The number of rotatable bonds is 3. The molecule has 5 rings (SSSR count). The Morgan fingerprint density at radius 3 is 2.63 bits per heavy atom. The summed E-state index contributed by atoms with van der Waals surface area (Å²) in [5, 5.41) is 1.92. The van der Waals surface area contributed by atoms with Gasteiger partial charge in [-0.05, 0) is 48.1 Å². The first-order valence-electron chi connectivity index (χ1n) is 9.81. The number of anilines is 1. The smallest absolute Gasteiger partial charge is 0.357 e. The Kier molecular flexibility index (Phi) is 4.34. The second-order valence-corrected chi connectivity index (χ2v) is 7.50. The summed E-state index contributed by atoms with van der Waals surface area (Å²) in [7, 11) is 0. The van der Waals surface area contributed by atoms with Gasteiger partial charge in [0.1, 0.15) is 0 Å². The highest BCUT2D eigenvalue weighted by molar-refractivity contribution is 5.89. The Morgan fingerprint density at radius 1 is 1.00 bits per heavy atom. The van der Waals surface area contributed by atoms with Crippen molar-refractivity contribution in [3.05, 3.63) is 65.2 Å². The fourth-order valence-corrected chi connectivity index (χ4v) is 4.70. The fourth-order valence-electron chi connectivity index (χ4n) is 4.70. The van der Waals surface area contributed by atoms with Gasteiger partial charge in [-0.3, -0.25) is 0 Å². The largest absolute Gasteiger partial charge is 0.378 e. The van der Waals surface area contributed by atoms with Crippen molar-refractivity contribution >= 4 is 11.7 Å². The lowest BCUT2D eigenvalue weighted by atomic mass is 9.96. The number of hydroxylamine groups is 2. The van der Waals surface area contributed by atoms with E-state index < -0.39 is 0 Å². The van der Waals surface area contributed by atoms with Gasteiger partial charge >= 0.3 is 5.97 Å². The van der Waals surface area contributed by atoms with E-state index in [0.717, 1.165) is 45.7 Å². The summed E-state index contributed by atoms with van der Waals surface area (Å²) < 4.78 is 5.53. The van der Waals surface area contributed by atoms with Crippen LogP contribution >= 0.6 is 0 Å². The topological polar surface area (TPSA) is 42.0 Å². The van der Waals surface area contributed by atoms with Crippen molar-refractivity contribution in [1.29, 1.82) is 0 Å². The zero-order valence-corrected chi connectivity index (χ0v) is 15.3. The van der Waals surface area contributed by atoms with Gasteiger partial charge in [-0.15, -0.1) is 5.06 Å². The first-order chi connectivity index (χ1) is 13.3. The van der Waals surface area contributed by atoms with Crippen LogP contribution in [0.25, 0.3) is 0 Å². The summed E-state index contributed by atoms with van der Waals surface area (Å²) >= 11 is 0. The monoisotopic (exact) mass is 364 g/mol. The highest BCUT2D eigenvalue weighted by Crippen LogP contribution is 2.52. The van der Waals surface area contributed by atoms with Crippen molar-refractivity contribution in [2.75, 3.05) is 37.7 Å². The third kappa shape index (κ3) is 3.01. The zero-order chi connectivity index (χ0) is 18.2. The van der Waals surface area contributed by atoms with E-state index in [9.17, 15) is 4.79 Å². The van der Waals surface area contributed by atoms with Crippen LogP contribution in [-0.2, 0) is 9.57 Å². The quantitative estimate of drug-likeness (QED) is 0.833. The highest BCUT2D eigenvalue weighted by atomic mass is 16.7. The molecule has 2 aliphatic heterocycles. The maximum absolute atomic E-state index is 12.6. The third-order valence-corrected chi connectivity index (χ3v) is 6.00. The van der Waals surface area contributed by atoms with Crippen molar-refractivity contribution in [1.82, 2.24) is 5.06 Å². The predicted octanol–water partition coefficient (Wildman–Crippen LogP) is 3.53. The van der Waals surface area contributed by atoms with Crippen LogP contribution in [0.5, 0.6) is 0 Å². The summed E-state index contributed by atoms with van der Waals surface area (Å²) in [5.74, 6) is 0.295. The molecule has 0 aromatic heterocycles. The number of hydrogen-bond donors (Lipinski definition) is 0. The van der Waals surface area contributed by atoms with Crippen LogP contribution in [0.15, 0.2) is 48.5 Å². The lowest BCUT2D eigenvalue weighted by Gasteiger charge is -2.35. The Labute approximate surface area is 159 Å². The molecule has 2 aromatic carbocycles. The molecule has 0 spiro atoms. The summed E-state index contributed by atoms with van der Waals surface area (Å²) in [6.45, 7) is 4.15. The van der Waals surface area contributed by atoms with Crippen LogP contribution in [0.3, 0.4) is 0 Å². The molecule has 27 heavy (non-hydrogen) atoms. The van der Waals surface area contributed by atoms with E-state index in [1.54, 1.807) is 12.1 Å². The minimum atomic E-state index is -0.272. The number of hydrogen-bond acceptors (Lipinski definition) is 5. The number of benzene rings is 2. The molecule has 2 bridgehead atoms. The van der Waals surface area contributed by atoms with Gasteiger partial charge < -0.3 is 14.5 Å². The van der Waals surface area contributed by atoms with Crippen LogP contribution in [0.1, 0.15) is 46.3 Å². The molecular weight excluding hydrogens is 340 g/mol. The van der Waals surface area contributed by atoms with Gasteiger partial charge in [0.15, 0.2) is 0 Å². The van der Waals surface area contributed by atoms with Gasteiger partial charge in [0.05, 0.1) is 24.8 Å². The van der Waals surface area contributed by atoms with Gasteiger partial charge in [-0.25, -0.2) is 4.79 Å². The molecular formula is C22H24N2O3. The van der Waals surface area contributed by atoms with Crippen LogP contribution in [0, 0.1) is 0 Å². The molecule has 3 aliphatic rings. The van der Waals surface area contributed by atoms with E-state index in [1.807, 2.05) is 23.3 Å². The van der Waals surface area contributed by atoms with Gasteiger partial charge in [0.25, 0.3) is 0 Å². The lowest BCUT2D eigenvalue weighted by Crippen LogP contribution is -2.38. The molecule has 0 saturated carbocycles. The number of ether oxygens (including phenoxy) is 1. The highest BCUT2D eigenvalue weighted by Gasteiger charge is 2.43. The molecule has 2 saturated heterocycles. The zero-order valence-electron chi connectivity index (χ0n) is 15.3. The van der Waals surface area contributed by atoms with E-state index in [1.165, 1.54) is 16.8 Å². The van der Waals surface area contributed by atoms with Gasteiger partial charge in [-0.1, -0.05) is 30.3 Å². The average Bonchev–Trinajstić information content (AvgIpc) is 3.04.